The summed E-state index contributed by atoms with van der Waals surface area (Å²) in [5.41, 5.74) is 4.47. The van der Waals surface area contributed by atoms with Crippen molar-refractivity contribution >= 4 is 17.2 Å². The highest BCUT2D eigenvalue weighted by molar-refractivity contribution is 7.15. The molecule has 0 N–H and O–H groups in total. The summed E-state index contributed by atoms with van der Waals surface area (Å²) in [5, 5.41) is 0.977. The highest BCUT2D eigenvalue weighted by atomic mass is 32.1. The number of pyridine rings is 1. The van der Waals surface area contributed by atoms with Crippen LogP contribution in [0.25, 0.3) is 10.6 Å². The predicted molar refractivity (Wildman–Crippen MR) is 106 cm³/mol. The van der Waals surface area contributed by atoms with Crippen LogP contribution in [0.1, 0.15) is 21.7 Å². The number of likely N-dealkylation sites (N-methyl/N-ethyl adjacent to an activating group) is 1. The molecule has 0 radical (unpaired) electrons. The highest BCUT2D eigenvalue weighted by Crippen LogP contribution is 2.28. The van der Waals surface area contributed by atoms with Gasteiger partial charge in [0.05, 0.1) is 12.1 Å². The van der Waals surface area contributed by atoms with Crippen LogP contribution in [0.4, 0.5) is 0 Å². The number of hydrogen-bond acceptors (Lipinski definition) is 4. The summed E-state index contributed by atoms with van der Waals surface area (Å²) in [7, 11) is 1.86. The Morgan fingerprint density at radius 2 is 1.77 bits per heavy atom. The maximum atomic E-state index is 12.6. The average Bonchev–Trinajstić information content (AvgIpc) is 3.01. The lowest BCUT2D eigenvalue weighted by Crippen LogP contribution is -2.30. The molecule has 26 heavy (non-hydrogen) atoms. The number of nitrogens with zero attached hydrogens (tertiary/aromatic N) is 3. The summed E-state index contributed by atoms with van der Waals surface area (Å²) < 4.78 is 0. The molecule has 0 aliphatic carbocycles. The number of thiazole rings is 1. The fourth-order valence-electron chi connectivity index (χ4n) is 2.65. The fraction of sp³-hybridized carbons (Fsp3) is 0.286. The van der Waals surface area contributed by atoms with Crippen LogP contribution in [0.2, 0.25) is 0 Å². The fourth-order valence-corrected chi connectivity index (χ4v) is 3.71. The monoisotopic (exact) mass is 365 g/mol. The van der Waals surface area contributed by atoms with E-state index in [-0.39, 0.29) is 5.91 Å². The average molecular weight is 366 g/mol. The molecule has 134 valence electrons. The van der Waals surface area contributed by atoms with E-state index in [0.717, 1.165) is 27.6 Å². The van der Waals surface area contributed by atoms with Gasteiger partial charge in [-0.25, -0.2) is 4.98 Å². The third-order valence-electron chi connectivity index (χ3n) is 4.41. The Balaban J connectivity index is 1.62. The van der Waals surface area contributed by atoms with E-state index >= 15 is 0 Å². The van der Waals surface area contributed by atoms with Crippen LogP contribution in [0.3, 0.4) is 0 Å². The summed E-state index contributed by atoms with van der Waals surface area (Å²) in [6.07, 6.45) is 4.80. The summed E-state index contributed by atoms with van der Waals surface area (Å²) in [6.45, 7) is 4.75. The van der Waals surface area contributed by atoms with Crippen LogP contribution in [-0.4, -0.2) is 34.4 Å². The zero-order valence-electron chi connectivity index (χ0n) is 15.4. The van der Waals surface area contributed by atoms with Crippen LogP contribution >= 0.6 is 11.3 Å². The first-order valence-corrected chi connectivity index (χ1v) is 9.51. The highest BCUT2D eigenvalue weighted by Gasteiger charge is 2.15. The van der Waals surface area contributed by atoms with E-state index < -0.39 is 0 Å². The Morgan fingerprint density at radius 1 is 1.08 bits per heavy atom. The molecule has 0 aliphatic rings. The van der Waals surface area contributed by atoms with Gasteiger partial charge in [0.2, 0.25) is 5.91 Å². The van der Waals surface area contributed by atoms with E-state index in [4.69, 9.17) is 0 Å². The minimum Gasteiger partial charge on any atom is -0.345 e. The lowest BCUT2D eigenvalue weighted by molar-refractivity contribution is -0.129. The van der Waals surface area contributed by atoms with Crippen molar-refractivity contribution in [3.63, 3.8) is 0 Å². The Bertz CT molecular complexity index is 872. The Labute approximate surface area is 158 Å². The molecular weight excluding hydrogens is 342 g/mol. The molecule has 3 aromatic rings. The van der Waals surface area contributed by atoms with E-state index in [9.17, 15) is 4.79 Å². The second kappa shape index (κ2) is 8.23. The van der Waals surface area contributed by atoms with E-state index in [2.05, 4.69) is 41.2 Å². The van der Waals surface area contributed by atoms with Gasteiger partial charge < -0.3 is 4.90 Å². The molecule has 0 unspecified atom stereocenters. The Morgan fingerprint density at radius 3 is 2.46 bits per heavy atom. The van der Waals surface area contributed by atoms with Crippen molar-refractivity contribution in [2.45, 2.75) is 26.7 Å². The predicted octanol–water partition coefficient (Wildman–Crippen LogP) is 4.07. The standard InChI is InChI=1S/C21H23N3OS/c1-15-4-6-18(7-5-15)21-23-16(2)19(26-21)14-20(25)24(3)13-10-17-8-11-22-12-9-17/h4-9,11-12H,10,13-14H2,1-3H3. The lowest BCUT2D eigenvalue weighted by atomic mass is 10.2. The van der Waals surface area contributed by atoms with Crippen LogP contribution in [-0.2, 0) is 17.6 Å². The van der Waals surface area contributed by atoms with Crippen LogP contribution in [0, 0.1) is 13.8 Å². The van der Waals surface area contributed by atoms with Crippen molar-refractivity contribution in [3.8, 4) is 10.6 Å². The molecule has 1 aromatic carbocycles. The summed E-state index contributed by atoms with van der Waals surface area (Å²) in [6, 6.07) is 12.3. The van der Waals surface area contributed by atoms with Gasteiger partial charge >= 0.3 is 0 Å². The minimum atomic E-state index is 0.126. The van der Waals surface area contributed by atoms with Gasteiger partial charge in [-0.2, -0.15) is 0 Å². The molecule has 5 heteroatoms. The number of benzene rings is 1. The van der Waals surface area contributed by atoms with Gasteiger partial charge in [0.15, 0.2) is 0 Å². The molecule has 4 nitrogen and oxygen atoms in total. The molecule has 0 bridgehead atoms. The molecular formula is C21H23N3OS. The van der Waals surface area contributed by atoms with Crippen LogP contribution < -0.4 is 0 Å². The molecule has 0 saturated heterocycles. The summed E-state index contributed by atoms with van der Waals surface area (Å²) in [4.78, 5) is 24.1. The van der Waals surface area contributed by atoms with Crippen molar-refractivity contribution in [2.24, 2.45) is 0 Å². The SMILES string of the molecule is Cc1ccc(-c2nc(C)c(CC(=O)N(C)CCc3ccncc3)s2)cc1. The maximum absolute atomic E-state index is 12.6. The number of aromatic nitrogens is 2. The molecule has 0 fully saturated rings. The number of hydrogen-bond donors (Lipinski definition) is 0. The van der Waals surface area contributed by atoms with Gasteiger partial charge in [-0.15, -0.1) is 11.3 Å². The van der Waals surface area contributed by atoms with Gasteiger partial charge in [-0.1, -0.05) is 29.8 Å². The first kappa shape index (κ1) is 18.3. The number of carbonyl (C=O) groups excluding carboxylic acids is 1. The summed E-state index contributed by atoms with van der Waals surface area (Å²) >= 11 is 1.61. The number of carbonyl (C=O) groups is 1. The van der Waals surface area contributed by atoms with Crippen molar-refractivity contribution in [2.75, 3.05) is 13.6 Å². The van der Waals surface area contributed by atoms with Crippen molar-refractivity contribution in [3.05, 3.63) is 70.5 Å². The normalized spacial score (nSPS) is 10.7. The van der Waals surface area contributed by atoms with Crippen molar-refractivity contribution < 1.29 is 4.79 Å². The van der Waals surface area contributed by atoms with E-state index in [1.807, 2.05) is 26.1 Å². The minimum absolute atomic E-state index is 0.126. The zero-order valence-corrected chi connectivity index (χ0v) is 16.2. The van der Waals surface area contributed by atoms with E-state index in [1.165, 1.54) is 11.1 Å². The third kappa shape index (κ3) is 4.55. The van der Waals surface area contributed by atoms with E-state index in [0.29, 0.717) is 13.0 Å². The number of rotatable bonds is 6. The smallest absolute Gasteiger partial charge is 0.227 e. The van der Waals surface area contributed by atoms with Crippen molar-refractivity contribution in [1.82, 2.24) is 14.9 Å². The zero-order chi connectivity index (χ0) is 18.5. The number of amides is 1. The van der Waals surface area contributed by atoms with Crippen molar-refractivity contribution in [1.29, 1.82) is 0 Å². The van der Waals surface area contributed by atoms with Crippen LogP contribution in [0.5, 0.6) is 0 Å². The molecule has 0 aliphatic heterocycles. The first-order valence-electron chi connectivity index (χ1n) is 8.69. The first-order chi connectivity index (χ1) is 12.5. The molecule has 1 amide bonds. The Hall–Kier alpha value is -2.53. The summed E-state index contributed by atoms with van der Waals surface area (Å²) in [5.74, 6) is 0.126. The third-order valence-corrected chi connectivity index (χ3v) is 5.62. The lowest BCUT2D eigenvalue weighted by Gasteiger charge is -2.16. The molecule has 3 rings (SSSR count). The molecule has 0 atom stereocenters. The quantitative estimate of drug-likeness (QED) is 0.662. The topological polar surface area (TPSA) is 46.1 Å². The Kier molecular flexibility index (Phi) is 5.78. The van der Waals surface area contributed by atoms with Gasteiger partial charge in [-0.05, 0) is 38.0 Å². The largest absolute Gasteiger partial charge is 0.345 e. The molecule has 2 aromatic heterocycles. The van der Waals surface area contributed by atoms with Gasteiger partial charge in [-0.3, -0.25) is 9.78 Å². The van der Waals surface area contributed by atoms with Crippen LogP contribution in [0.15, 0.2) is 48.8 Å². The maximum Gasteiger partial charge on any atom is 0.227 e. The second-order valence-electron chi connectivity index (χ2n) is 6.49. The van der Waals surface area contributed by atoms with Gasteiger partial charge in [0, 0.05) is 36.4 Å². The second-order valence-corrected chi connectivity index (χ2v) is 7.57. The molecule has 0 spiro atoms. The van der Waals surface area contributed by atoms with Gasteiger partial charge in [0.25, 0.3) is 0 Å². The van der Waals surface area contributed by atoms with E-state index in [1.54, 1.807) is 28.6 Å². The number of aryl methyl sites for hydroxylation is 2. The molecule has 0 saturated carbocycles. The van der Waals surface area contributed by atoms with Gasteiger partial charge in [0.1, 0.15) is 5.01 Å². The molecule has 2 heterocycles.